The van der Waals surface area contributed by atoms with E-state index in [2.05, 4.69) is 19.2 Å². The minimum Gasteiger partial charge on any atom is -0.345 e. The van der Waals surface area contributed by atoms with Gasteiger partial charge in [0.2, 0.25) is 6.41 Å². The lowest BCUT2D eigenvalue weighted by Crippen LogP contribution is -2.55. The lowest BCUT2D eigenvalue weighted by Gasteiger charge is -2.61. The van der Waals surface area contributed by atoms with Gasteiger partial charge < -0.3 is 10.2 Å². The average Bonchev–Trinajstić information content (AvgIpc) is 3.18. The number of nitrogens with one attached hydrogen (secondary N) is 1. The predicted molar refractivity (Wildman–Crippen MR) is 105 cm³/mol. The molecule has 1 saturated heterocycles. The van der Waals surface area contributed by atoms with Crippen molar-refractivity contribution in [3.05, 3.63) is 0 Å². The van der Waals surface area contributed by atoms with E-state index in [1.807, 2.05) is 11.9 Å². The summed E-state index contributed by atoms with van der Waals surface area (Å²) in [6, 6.07) is 1.24. The number of carbonyl (C=O) groups is 1. The molecule has 9 atom stereocenters. The third-order valence-electron chi connectivity index (χ3n) is 10.5. The van der Waals surface area contributed by atoms with Gasteiger partial charge >= 0.3 is 0 Å². The molecule has 4 saturated carbocycles. The summed E-state index contributed by atoms with van der Waals surface area (Å²) in [7, 11) is 1.99. The van der Waals surface area contributed by atoms with Gasteiger partial charge in [-0.05, 0) is 105 Å². The summed E-state index contributed by atoms with van der Waals surface area (Å²) in [6.07, 6.45) is 13.7. The van der Waals surface area contributed by atoms with Crippen LogP contribution in [0.25, 0.3) is 0 Å². The zero-order valence-electron chi connectivity index (χ0n) is 17.0. The highest BCUT2D eigenvalue weighted by molar-refractivity contribution is 5.47. The maximum atomic E-state index is 11.2. The summed E-state index contributed by atoms with van der Waals surface area (Å²) >= 11 is 0. The van der Waals surface area contributed by atoms with Crippen molar-refractivity contribution in [2.45, 2.75) is 83.7 Å². The molecule has 1 unspecified atom stereocenters. The first kappa shape index (κ1) is 17.5. The summed E-state index contributed by atoms with van der Waals surface area (Å²) in [5.41, 5.74) is 1.19. The highest BCUT2D eigenvalue weighted by Gasteiger charge is 2.63. The maximum absolute atomic E-state index is 11.2. The Morgan fingerprint density at radius 3 is 2.62 bits per heavy atom. The molecule has 5 rings (SSSR count). The Morgan fingerprint density at radius 2 is 1.81 bits per heavy atom. The van der Waals surface area contributed by atoms with Gasteiger partial charge in [0.25, 0.3) is 0 Å². The van der Waals surface area contributed by atoms with Gasteiger partial charge in [0.05, 0.1) is 0 Å². The molecule has 0 radical (unpaired) electrons. The van der Waals surface area contributed by atoms with Crippen molar-refractivity contribution < 1.29 is 4.79 Å². The van der Waals surface area contributed by atoms with Gasteiger partial charge in [-0.3, -0.25) is 4.79 Å². The summed E-state index contributed by atoms with van der Waals surface area (Å²) in [4.78, 5) is 13.2. The van der Waals surface area contributed by atoms with Crippen molar-refractivity contribution in [3.63, 3.8) is 0 Å². The van der Waals surface area contributed by atoms with Crippen LogP contribution in [0.5, 0.6) is 0 Å². The van der Waals surface area contributed by atoms with E-state index in [-0.39, 0.29) is 0 Å². The second kappa shape index (κ2) is 5.96. The van der Waals surface area contributed by atoms with Crippen LogP contribution in [0.4, 0.5) is 0 Å². The highest BCUT2D eigenvalue weighted by atomic mass is 16.1. The number of amides is 1. The molecule has 3 heteroatoms. The van der Waals surface area contributed by atoms with E-state index in [0.29, 0.717) is 16.9 Å². The van der Waals surface area contributed by atoms with Crippen LogP contribution in [-0.2, 0) is 4.79 Å². The van der Waals surface area contributed by atoms with E-state index in [4.69, 9.17) is 0 Å². The first-order valence-electron chi connectivity index (χ1n) is 11.4. The molecule has 3 nitrogen and oxygen atoms in total. The Kier molecular flexibility index (Phi) is 4.02. The van der Waals surface area contributed by atoms with E-state index in [1.165, 1.54) is 64.3 Å². The van der Waals surface area contributed by atoms with Crippen LogP contribution in [0.1, 0.15) is 71.6 Å². The molecule has 1 N–H and O–H groups in total. The van der Waals surface area contributed by atoms with E-state index in [9.17, 15) is 4.79 Å². The Hall–Kier alpha value is -0.570. The number of rotatable bonds is 2. The number of carbonyl (C=O) groups excluding carboxylic acids is 1. The number of hydrogen-bond acceptors (Lipinski definition) is 2. The lowest BCUT2D eigenvalue weighted by atomic mass is 9.44. The summed E-state index contributed by atoms with van der Waals surface area (Å²) in [5.74, 6) is 4.74. The minimum atomic E-state index is 0.493. The SMILES string of the molecule is C[C@@H]1NC[C@]23CC[C@H]4[C@@H](CCC5C[C@@H](N(C)C=O)CC[C@@]54C)[C@@H]2CC[C@H]13. The van der Waals surface area contributed by atoms with Crippen LogP contribution in [0, 0.1) is 40.4 Å². The van der Waals surface area contributed by atoms with Crippen LogP contribution in [0.2, 0.25) is 0 Å². The van der Waals surface area contributed by atoms with E-state index >= 15 is 0 Å². The molecule has 1 spiro atoms. The van der Waals surface area contributed by atoms with Crippen molar-refractivity contribution in [3.8, 4) is 0 Å². The zero-order chi connectivity index (χ0) is 18.1. The molecule has 5 fully saturated rings. The highest BCUT2D eigenvalue weighted by Crippen LogP contribution is 2.68. The van der Waals surface area contributed by atoms with E-state index < -0.39 is 0 Å². The molecular formula is C23H38N2O. The molecule has 0 aromatic heterocycles. The molecule has 1 heterocycles. The fraction of sp³-hybridized carbons (Fsp3) is 0.957. The van der Waals surface area contributed by atoms with Crippen LogP contribution >= 0.6 is 0 Å². The molecule has 0 aromatic carbocycles. The van der Waals surface area contributed by atoms with Crippen LogP contribution < -0.4 is 5.32 Å². The van der Waals surface area contributed by atoms with Crippen LogP contribution in [0.3, 0.4) is 0 Å². The maximum Gasteiger partial charge on any atom is 0.209 e. The standard InChI is InChI=1S/C23H38N2O/c1-15-19-6-7-21-18-5-4-16-12-17(25(3)14-26)8-10-22(16,2)20(18)9-11-23(19,21)13-24-15/h14-21,24H,4-13H2,1-3H3/t15-,16?,17-,18+,19+,20-,21-,22-,23-/m0/s1. The molecule has 146 valence electrons. The predicted octanol–water partition coefficient (Wildman–Crippen LogP) is 4.07. The molecule has 1 amide bonds. The van der Waals surface area contributed by atoms with Gasteiger partial charge in [-0.25, -0.2) is 0 Å². The molecular weight excluding hydrogens is 320 g/mol. The Labute approximate surface area is 159 Å². The monoisotopic (exact) mass is 358 g/mol. The third-order valence-corrected chi connectivity index (χ3v) is 10.5. The van der Waals surface area contributed by atoms with Crippen molar-refractivity contribution in [1.29, 1.82) is 0 Å². The summed E-state index contributed by atoms with van der Waals surface area (Å²) < 4.78 is 0. The summed E-state index contributed by atoms with van der Waals surface area (Å²) in [6.45, 7) is 6.39. The number of fused-ring (bicyclic) bond motifs is 4. The van der Waals surface area contributed by atoms with E-state index in [0.717, 1.165) is 42.0 Å². The fourth-order valence-corrected chi connectivity index (χ4v) is 9.13. The molecule has 0 bridgehead atoms. The van der Waals surface area contributed by atoms with Gasteiger partial charge in [0, 0.05) is 25.7 Å². The molecule has 1 aliphatic heterocycles. The van der Waals surface area contributed by atoms with Crippen LogP contribution in [0.15, 0.2) is 0 Å². The van der Waals surface area contributed by atoms with Gasteiger partial charge in [-0.1, -0.05) is 6.92 Å². The molecule has 5 aliphatic rings. The Morgan fingerprint density at radius 1 is 1.00 bits per heavy atom. The molecule has 0 aromatic rings. The Balaban J connectivity index is 1.39. The normalized spacial score (nSPS) is 55.4. The Bertz CT molecular complexity index is 579. The van der Waals surface area contributed by atoms with Crippen molar-refractivity contribution in [1.82, 2.24) is 10.2 Å². The van der Waals surface area contributed by atoms with Crippen molar-refractivity contribution in [2.24, 2.45) is 40.4 Å². The third kappa shape index (κ3) is 2.19. The average molecular weight is 359 g/mol. The minimum absolute atomic E-state index is 0.493. The second-order valence-electron chi connectivity index (χ2n) is 11.0. The fourth-order valence-electron chi connectivity index (χ4n) is 9.13. The number of nitrogens with zero attached hydrogens (tertiary/aromatic N) is 1. The van der Waals surface area contributed by atoms with Crippen molar-refractivity contribution >= 4 is 6.41 Å². The van der Waals surface area contributed by atoms with Crippen LogP contribution in [-0.4, -0.2) is 37.0 Å². The largest absolute Gasteiger partial charge is 0.345 e. The lowest BCUT2D eigenvalue weighted by molar-refractivity contribution is -0.130. The molecule has 26 heavy (non-hydrogen) atoms. The number of hydrogen-bond donors (Lipinski definition) is 1. The van der Waals surface area contributed by atoms with Gasteiger partial charge in [0.15, 0.2) is 0 Å². The topological polar surface area (TPSA) is 32.3 Å². The zero-order valence-corrected chi connectivity index (χ0v) is 17.0. The second-order valence-corrected chi connectivity index (χ2v) is 11.0. The smallest absolute Gasteiger partial charge is 0.209 e. The summed E-state index contributed by atoms with van der Waals surface area (Å²) in [5, 5.41) is 3.86. The first-order valence-corrected chi connectivity index (χ1v) is 11.4. The van der Waals surface area contributed by atoms with Gasteiger partial charge in [0.1, 0.15) is 0 Å². The van der Waals surface area contributed by atoms with Crippen molar-refractivity contribution in [2.75, 3.05) is 13.6 Å². The quantitative estimate of drug-likeness (QED) is 0.755. The van der Waals surface area contributed by atoms with E-state index in [1.54, 1.807) is 0 Å². The van der Waals surface area contributed by atoms with Gasteiger partial charge in [-0.2, -0.15) is 0 Å². The molecule has 4 aliphatic carbocycles. The van der Waals surface area contributed by atoms with Gasteiger partial charge in [-0.15, -0.1) is 0 Å². The first-order chi connectivity index (χ1) is 12.5.